The van der Waals surface area contributed by atoms with Crippen molar-refractivity contribution < 1.29 is 32.2 Å². The fourth-order valence-electron chi connectivity index (χ4n) is 2.70. The van der Waals surface area contributed by atoms with Crippen molar-refractivity contribution in [2.75, 3.05) is 27.4 Å². The Morgan fingerprint density at radius 1 is 1.03 bits per heavy atom. The van der Waals surface area contributed by atoms with Crippen molar-refractivity contribution in [3.05, 3.63) is 18.5 Å². The third-order valence-electron chi connectivity index (χ3n) is 4.07. The van der Waals surface area contributed by atoms with Crippen molar-refractivity contribution in [2.45, 2.75) is 45.6 Å². The Labute approximate surface area is 188 Å². The van der Waals surface area contributed by atoms with Gasteiger partial charge in [-0.15, -0.1) is 0 Å². The van der Waals surface area contributed by atoms with Crippen LogP contribution in [0.15, 0.2) is 18.5 Å². The Morgan fingerprint density at radius 2 is 1.72 bits per heavy atom. The second-order valence-electron chi connectivity index (χ2n) is 7.81. The second kappa shape index (κ2) is 11.1. The third-order valence-corrected chi connectivity index (χ3v) is 5.09. The highest BCUT2D eigenvalue weighted by atomic mass is 32.2. The van der Waals surface area contributed by atoms with Gasteiger partial charge in [-0.1, -0.05) is 0 Å². The van der Waals surface area contributed by atoms with Gasteiger partial charge in [-0.3, -0.25) is 0 Å². The summed E-state index contributed by atoms with van der Waals surface area (Å²) in [5.74, 6) is 1.54. The molecule has 0 aliphatic rings. The number of hydrogen-bond donors (Lipinski definition) is 2. The maximum Gasteiger partial charge on any atom is 0.422 e. The Bertz CT molecular complexity index is 1020. The van der Waals surface area contributed by atoms with Crippen LogP contribution in [0, 0.1) is 0 Å². The zero-order valence-electron chi connectivity index (χ0n) is 18.9. The highest BCUT2D eigenvalue weighted by Gasteiger charge is 2.20. The largest absolute Gasteiger partial charge is 0.493 e. The first kappa shape index (κ1) is 25.4. The predicted octanol–water partition coefficient (Wildman–Crippen LogP) is 2.56. The maximum atomic E-state index is 11.8. The molecule has 0 unspecified atom stereocenters. The van der Waals surface area contributed by atoms with Gasteiger partial charge < -0.3 is 18.9 Å². The standard InChI is InChI=1S/C20H30N4O7S/c1-20(2,3)31-19(25)24-32(26,27)23-9-7-6-8-10-30-18-14-11-16(28-4)17(29-5)12-15(14)21-13-22-18/h11-13,23H,6-10H2,1-5H3,(H,24,25). The van der Waals surface area contributed by atoms with Crippen LogP contribution in [0.2, 0.25) is 0 Å². The molecule has 0 radical (unpaired) electrons. The molecule has 32 heavy (non-hydrogen) atoms. The summed E-state index contributed by atoms with van der Waals surface area (Å²) in [5.41, 5.74) is -0.120. The minimum absolute atomic E-state index is 0.172. The van der Waals surface area contributed by atoms with Gasteiger partial charge in [0.2, 0.25) is 5.88 Å². The van der Waals surface area contributed by atoms with Crippen LogP contribution in [-0.4, -0.2) is 57.5 Å². The molecule has 1 aromatic carbocycles. The van der Waals surface area contributed by atoms with Crippen LogP contribution < -0.4 is 23.7 Å². The average Bonchev–Trinajstić information content (AvgIpc) is 2.70. The molecule has 1 heterocycles. The fourth-order valence-corrected chi connectivity index (χ4v) is 3.44. The van der Waals surface area contributed by atoms with Crippen molar-refractivity contribution in [1.29, 1.82) is 0 Å². The molecule has 178 valence electrons. The van der Waals surface area contributed by atoms with Gasteiger partial charge in [0.1, 0.15) is 11.9 Å². The van der Waals surface area contributed by atoms with Crippen LogP contribution in [0.25, 0.3) is 10.9 Å². The van der Waals surface area contributed by atoms with E-state index in [2.05, 4.69) is 14.7 Å². The molecule has 0 spiro atoms. The number of methoxy groups -OCH3 is 2. The van der Waals surface area contributed by atoms with Crippen LogP contribution in [-0.2, 0) is 14.9 Å². The van der Waals surface area contributed by atoms with Gasteiger partial charge in [-0.25, -0.2) is 19.5 Å². The summed E-state index contributed by atoms with van der Waals surface area (Å²) in [6.45, 7) is 5.50. The number of fused-ring (bicyclic) bond motifs is 1. The first-order valence-corrected chi connectivity index (χ1v) is 11.5. The van der Waals surface area contributed by atoms with Gasteiger partial charge in [-0.2, -0.15) is 13.1 Å². The van der Waals surface area contributed by atoms with E-state index in [1.54, 1.807) is 47.1 Å². The first-order chi connectivity index (χ1) is 15.0. The molecule has 11 nitrogen and oxygen atoms in total. The Morgan fingerprint density at radius 3 is 2.38 bits per heavy atom. The summed E-state index contributed by atoms with van der Waals surface area (Å²) in [5, 5.41) is 0.700. The lowest BCUT2D eigenvalue weighted by molar-refractivity contribution is 0.0569. The van der Waals surface area contributed by atoms with E-state index in [0.29, 0.717) is 54.2 Å². The number of unbranched alkanes of at least 4 members (excludes halogenated alkanes) is 2. The topological polar surface area (TPSA) is 138 Å². The monoisotopic (exact) mass is 470 g/mol. The van der Waals surface area contributed by atoms with Gasteiger partial charge in [0.05, 0.1) is 31.7 Å². The van der Waals surface area contributed by atoms with Crippen molar-refractivity contribution in [3.8, 4) is 17.4 Å². The summed E-state index contributed by atoms with van der Waals surface area (Å²) < 4.78 is 49.1. The maximum absolute atomic E-state index is 11.8. The number of benzene rings is 1. The van der Waals surface area contributed by atoms with Crippen LogP contribution in [0.1, 0.15) is 40.0 Å². The summed E-state index contributed by atoms with van der Waals surface area (Å²) in [6.07, 6.45) is 2.34. The smallest absolute Gasteiger partial charge is 0.422 e. The number of nitrogens with zero attached hydrogens (tertiary/aromatic N) is 2. The molecular formula is C20H30N4O7S. The van der Waals surface area contributed by atoms with E-state index in [4.69, 9.17) is 18.9 Å². The number of nitrogens with one attached hydrogen (secondary N) is 2. The van der Waals surface area contributed by atoms with Crippen molar-refractivity contribution in [1.82, 2.24) is 19.4 Å². The molecule has 0 aliphatic heterocycles. The lowest BCUT2D eigenvalue weighted by Gasteiger charge is -2.19. The summed E-state index contributed by atoms with van der Waals surface area (Å²) in [4.78, 5) is 20.0. The number of carbonyl (C=O) groups excluding carboxylic acids is 1. The quantitative estimate of drug-likeness (QED) is 0.474. The number of rotatable bonds is 11. The van der Waals surface area contributed by atoms with E-state index in [0.717, 1.165) is 0 Å². The van der Waals surface area contributed by atoms with E-state index in [1.807, 2.05) is 4.72 Å². The van der Waals surface area contributed by atoms with Crippen molar-refractivity contribution >= 4 is 27.2 Å². The summed E-state index contributed by atoms with van der Waals surface area (Å²) >= 11 is 0. The normalized spacial score (nSPS) is 11.8. The zero-order chi connectivity index (χ0) is 23.8. The molecule has 0 saturated carbocycles. The van der Waals surface area contributed by atoms with E-state index in [-0.39, 0.29) is 6.54 Å². The fraction of sp³-hybridized carbons (Fsp3) is 0.550. The minimum atomic E-state index is -3.97. The predicted molar refractivity (Wildman–Crippen MR) is 118 cm³/mol. The molecule has 0 aliphatic carbocycles. The number of carbonyl (C=O) groups is 1. The van der Waals surface area contributed by atoms with E-state index in [1.165, 1.54) is 6.33 Å². The van der Waals surface area contributed by atoms with Crippen LogP contribution in [0.5, 0.6) is 17.4 Å². The summed E-state index contributed by atoms with van der Waals surface area (Å²) in [6, 6.07) is 3.51. The Kier molecular flexibility index (Phi) is 8.84. The molecule has 0 saturated heterocycles. The molecule has 12 heteroatoms. The molecule has 0 fully saturated rings. The van der Waals surface area contributed by atoms with Gasteiger partial charge in [-0.05, 0) is 46.1 Å². The number of hydrogen-bond acceptors (Lipinski definition) is 9. The first-order valence-electron chi connectivity index (χ1n) is 10.0. The van der Waals surface area contributed by atoms with Crippen LogP contribution >= 0.6 is 0 Å². The van der Waals surface area contributed by atoms with Crippen molar-refractivity contribution in [2.24, 2.45) is 0 Å². The van der Waals surface area contributed by atoms with Crippen LogP contribution in [0.3, 0.4) is 0 Å². The lowest BCUT2D eigenvalue weighted by atomic mass is 10.2. The van der Waals surface area contributed by atoms with Gasteiger partial charge in [0.15, 0.2) is 11.5 Å². The van der Waals surface area contributed by atoms with Gasteiger partial charge in [0, 0.05) is 12.6 Å². The van der Waals surface area contributed by atoms with E-state index in [9.17, 15) is 13.2 Å². The minimum Gasteiger partial charge on any atom is -0.493 e. The third kappa shape index (κ3) is 8.00. The van der Waals surface area contributed by atoms with E-state index < -0.39 is 21.9 Å². The molecule has 0 atom stereocenters. The molecule has 1 amide bonds. The molecule has 2 aromatic rings. The Hall–Kier alpha value is -2.86. The molecule has 0 bridgehead atoms. The van der Waals surface area contributed by atoms with Crippen LogP contribution in [0.4, 0.5) is 4.79 Å². The lowest BCUT2D eigenvalue weighted by Crippen LogP contribution is -2.43. The van der Waals surface area contributed by atoms with Crippen molar-refractivity contribution in [3.63, 3.8) is 0 Å². The highest BCUT2D eigenvalue weighted by molar-refractivity contribution is 7.88. The SMILES string of the molecule is COc1cc2ncnc(OCCCCCNS(=O)(=O)NC(=O)OC(C)(C)C)c2cc1OC. The number of ether oxygens (including phenoxy) is 4. The number of amides is 1. The van der Waals surface area contributed by atoms with E-state index >= 15 is 0 Å². The average molecular weight is 471 g/mol. The molecule has 2 rings (SSSR count). The second-order valence-corrected chi connectivity index (χ2v) is 9.31. The number of aromatic nitrogens is 2. The van der Waals surface area contributed by atoms with Gasteiger partial charge in [0.25, 0.3) is 0 Å². The highest BCUT2D eigenvalue weighted by Crippen LogP contribution is 2.34. The molecule has 1 aromatic heterocycles. The summed E-state index contributed by atoms with van der Waals surface area (Å²) in [7, 11) is -0.872. The zero-order valence-corrected chi connectivity index (χ0v) is 19.7. The Balaban J connectivity index is 1.76. The molecular weight excluding hydrogens is 440 g/mol. The molecule has 2 N–H and O–H groups in total. The van der Waals surface area contributed by atoms with Gasteiger partial charge >= 0.3 is 16.3 Å².